The molecule has 1 heterocycles. The van der Waals surface area contributed by atoms with Gasteiger partial charge in [-0.3, -0.25) is 4.79 Å². The highest BCUT2D eigenvalue weighted by atomic mass is 16.6. The van der Waals surface area contributed by atoms with Crippen molar-refractivity contribution in [3.63, 3.8) is 0 Å². The van der Waals surface area contributed by atoms with Crippen molar-refractivity contribution in [3.05, 3.63) is 0 Å². The van der Waals surface area contributed by atoms with Crippen LogP contribution in [-0.2, 0) is 9.53 Å². The van der Waals surface area contributed by atoms with Crippen molar-refractivity contribution in [2.75, 3.05) is 0 Å². The third-order valence-corrected chi connectivity index (χ3v) is 3.92. The standard InChI is InChI=1S/C10H14O2/c11-10-8-5-6-1-3-7(8)9(12-10)4-2-6/h6-9H,1-5H2. The van der Waals surface area contributed by atoms with E-state index in [0.29, 0.717) is 12.0 Å². The highest BCUT2D eigenvalue weighted by Gasteiger charge is 2.49. The highest BCUT2D eigenvalue weighted by Crippen LogP contribution is 2.48. The van der Waals surface area contributed by atoms with E-state index < -0.39 is 0 Å². The number of esters is 1. The van der Waals surface area contributed by atoms with Gasteiger partial charge in [0.2, 0.25) is 0 Å². The fraction of sp³-hybridized carbons (Fsp3) is 0.900. The number of carbonyl (C=O) groups is 1. The zero-order valence-corrected chi connectivity index (χ0v) is 7.16. The van der Waals surface area contributed by atoms with Gasteiger partial charge in [-0.25, -0.2) is 0 Å². The smallest absolute Gasteiger partial charge is 0.309 e. The van der Waals surface area contributed by atoms with Gasteiger partial charge in [0.15, 0.2) is 0 Å². The highest BCUT2D eigenvalue weighted by molar-refractivity contribution is 5.75. The third kappa shape index (κ3) is 0.782. The summed E-state index contributed by atoms with van der Waals surface area (Å²) in [6.07, 6.45) is 6.44. The fourth-order valence-electron chi connectivity index (χ4n) is 3.26. The molecule has 0 N–H and O–H groups in total. The van der Waals surface area contributed by atoms with Gasteiger partial charge in [-0.15, -0.1) is 0 Å². The molecular weight excluding hydrogens is 152 g/mol. The average Bonchev–Trinajstić information content (AvgIpc) is 2.27. The monoisotopic (exact) mass is 166 g/mol. The molecule has 4 rings (SSSR count). The predicted molar refractivity (Wildman–Crippen MR) is 43.4 cm³/mol. The first kappa shape index (κ1) is 6.93. The SMILES string of the molecule is O=C1OC2CCC3CCC2C1C3. The zero-order chi connectivity index (χ0) is 8.13. The molecule has 0 radical (unpaired) electrons. The Hall–Kier alpha value is -0.530. The molecule has 4 fully saturated rings. The van der Waals surface area contributed by atoms with Gasteiger partial charge in [0.05, 0.1) is 5.92 Å². The molecule has 4 aliphatic rings. The van der Waals surface area contributed by atoms with Crippen LogP contribution in [0.25, 0.3) is 0 Å². The van der Waals surface area contributed by atoms with Gasteiger partial charge in [-0.05, 0) is 38.0 Å². The Morgan fingerprint density at radius 2 is 2.00 bits per heavy atom. The van der Waals surface area contributed by atoms with Crippen LogP contribution in [-0.4, -0.2) is 12.1 Å². The lowest BCUT2D eigenvalue weighted by Gasteiger charge is -2.25. The van der Waals surface area contributed by atoms with Crippen LogP contribution < -0.4 is 0 Å². The molecule has 4 unspecified atom stereocenters. The normalized spacial score (nSPS) is 50.5. The van der Waals surface area contributed by atoms with Gasteiger partial charge in [0, 0.05) is 5.92 Å². The third-order valence-electron chi connectivity index (χ3n) is 3.92. The summed E-state index contributed by atoms with van der Waals surface area (Å²) in [6, 6.07) is 0. The van der Waals surface area contributed by atoms with Gasteiger partial charge in [-0.2, -0.15) is 0 Å². The number of rotatable bonds is 0. The Balaban J connectivity index is 1.97. The summed E-state index contributed by atoms with van der Waals surface area (Å²) in [6.45, 7) is 0. The van der Waals surface area contributed by atoms with Crippen molar-refractivity contribution in [2.24, 2.45) is 17.8 Å². The Morgan fingerprint density at radius 3 is 2.92 bits per heavy atom. The number of ether oxygens (including phenoxy) is 1. The van der Waals surface area contributed by atoms with E-state index in [1.165, 1.54) is 19.3 Å². The van der Waals surface area contributed by atoms with E-state index in [0.717, 1.165) is 18.8 Å². The Morgan fingerprint density at radius 1 is 1.17 bits per heavy atom. The molecule has 0 aromatic heterocycles. The van der Waals surface area contributed by atoms with Crippen molar-refractivity contribution in [3.8, 4) is 0 Å². The molecule has 0 aromatic carbocycles. The first-order valence-electron chi connectivity index (χ1n) is 5.05. The van der Waals surface area contributed by atoms with E-state index in [4.69, 9.17) is 4.74 Å². The van der Waals surface area contributed by atoms with Crippen LogP contribution in [0.4, 0.5) is 0 Å². The maximum absolute atomic E-state index is 11.4. The Kier molecular flexibility index (Phi) is 1.29. The van der Waals surface area contributed by atoms with E-state index in [9.17, 15) is 4.79 Å². The van der Waals surface area contributed by atoms with E-state index in [-0.39, 0.29) is 11.9 Å². The van der Waals surface area contributed by atoms with Crippen LogP contribution in [0.15, 0.2) is 0 Å². The molecule has 0 amide bonds. The van der Waals surface area contributed by atoms with Crippen LogP contribution >= 0.6 is 0 Å². The van der Waals surface area contributed by atoms with Crippen LogP contribution in [0.3, 0.4) is 0 Å². The second kappa shape index (κ2) is 2.24. The maximum Gasteiger partial charge on any atom is 0.309 e. The quantitative estimate of drug-likeness (QED) is 0.512. The Bertz CT molecular complexity index is 224. The lowest BCUT2D eigenvalue weighted by molar-refractivity contribution is -0.145. The van der Waals surface area contributed by atoms with Crippen molar-refractivity contribution in [2.45, 2.75) is 38.2 Å². The number of hydrogen-bond donors (Lipinski definition) is 0. The molecule has 3 aliphatic carbocycles. The molecule has 1 aliphatic heterocycles. The van der Waals surface area contributed by atoms with Crippen LogP contribution in [0.1, 0.15) is 32.1 Å². The van der Waals surface area contributed by atoms with Crippen molar-refractivity contribution < 1.29 is 9.53 Å². The molecule has 4 bridgehead atoms. The molecule has 2 nitrogen and oxygen atoms in total. The summed E-state index contributed by atoms with van der Waals surface area (Å²) in [7, 11) is 0. The Labute approximate surface area is 72.3 Å². The molecule has 0 aromatic rings. The van der Waals surface area contributed by atoms with Gasteiger partial charge in [0.1, 0.15) is 6.10 Å². The van der Waals surface area contributed by atoms with Gasteiger partial charge < -0.3 is 4.74 Å². The van der Waals surface area contributed by atoms with Crippen molar-refractivity contribution in [1.29, 1.82) is 0 Å². The second-order valence-corrected chi connectivity index (χ2v) is 4.50. The minimum atomic E-state index is 0.106. The van der Waals surface area contributed by atoms with Crippen molar-refractivity contribution in [1.82, 2.24) is 0 Å². The lowest BCUT2D eigenvalue weighted by Crippen LogP contribution is -2.24. The van der Waals surface area contributed by atoms with E-state index in [1.807, 2.05) is 0 Å². The van der Waals surface area contributed by atoms with Gasteiger partial charge in [-0.1, -0.05) is 0 Å². The van der Waals surface area contributed by atoms with Crippen LogP contribution in [0.5, 0.6) is 0 Å². The van der Waals surface area contributed by atoms with Crippen molar-refractivity contribution >= 4 is 5.97 Å². The molecule has 0 spiro atoms. The minimum absolute atomic E-state index is 0.106. The zero-order valence-electron chi connectivity index (χ0n) is 7.16. The largest absolute Gasteiger partial charge is 0.462 e. The number of hydrogen-bond acceptors (Lipinski definition) is 2. The van der Waals surface area contributed by atoms with E-state index in [1.54, 1.807) is 0 Å². The molecule has 4 atom stereocenters. The molecule has 66 valence electrons. The summed E-state index contributed by atoms with van der Waals surface area (Å²) >= 11 is 0. The molecular formula is C10H14O2. The maximum atomic E-state index is 11.4. The molecule has 2 heteroatoms. The summed E-state index contributed by atoms with van der Waals surface area (Å²) in [5, 5.41) is 0. The fourth-order valence-corrected chi connectivity index (χ4v) is 3.26. The van der Waals surface area contributed by atoms with Crippen LogP contribution in [0.2, 0.25) is 0 Å². The topological polar surface area (TPSA) is 26.3 Å². The summed E-state index contributed by atoms with van der Waals surface area (Å²) < 4.78 is 5.36. The average molecular weight is 166 g/mol. The lowest BCUT2D eigenvalue weighted by atomic mass is 9.76. The number of fused-ring (bicyclic) bond motifs is 2. The second-order valence-electron chi connectivity index (χ2n) is 4.50. The van der Waals surface area contributed by atoms with E-state index >= 15 is 0 Å². The van der Waals surface area contributed by atoms with E-state index in [2.05, 4.69) is 0 Å². The molecule has 12 heavy (non-hydrogen) atoms. The number of carbonyl (C=O) groups excluding carboxylic acids is 1. The molecule has 3 saturated carbocycles. The van der Waals surface area contributed by atoms with Gasteiger partial charge in [0.25, 0.3) is 0 Å². The summed E-state index contributed by atoms with van der Waals surface area (Å²) in [4.78, 5) is 11.4. The molecule has 1 saturated heterocycles. The first-order chi connectivity index (χ1) is 5.84. The van der Waals surface area contributed by atoms with Gasteiger partial charge >= 0.3 is 5.97 Å². The first-order valence-corrected chi connectivity index (χ1v) is 5.05. The van der Waals surface area contributed by atoms with Crippen LogP contribution in [0, 0.1) is 17.8 Å². The summed E-state index contributed by atoms with van der Waals surface area (Å²) in [5.74, 6) is 1.82. The predicted octanol–water partition coefficient (Wildman–Crippen LogP) is 1.74. The summed E-state index contributed by atoms with van der Waals surface area (Å²) in [5.41, 5.74) is 0. The minimum Gasteiger partial charge on any atom is -0.462 e.